The summed E-state index contributed by atoms with van der Waals surface area (Å²) in [7, 11) is 0. The van der Waals surface area contributed by atoms with Crippen LogP contribution in [0.2, 0.25) is 0 Å². The number of benzene rings is 1. The number of pyridine rings is 1. The van der Waals surface area contributed by atoms with Gasteiger partial charge in [-0.3, -0.25) is 4.98 Å². The van der Waals surface area contributed by atoms with Crippen molar-refractivity contribution in [3.8, 4) is 6.07 Å². The Labute approximate surface area is 165 Å². The number of nitrogens with one attached hydrogen (secondary N) is 1. The van der Waals surface area contributed by atoms with Crippen LogP contribution in [0.15, 0.2) is 59.1 Å². The molecule has 0 radical (unpaired) electrons. The first kappa shape index (κ1) is 19.6. The number of fused-ring (bicyclic) bond motifs is 1. The highest BCUT2D eigenvalue weighted by molar-refractivity contribution is 5.95. The molecule has 2 aromatic rings. The third-order valence-electron chi connectivity index (χ3n) is 4.82. The number of hydrogen-bond acceptors (Lipinski definition) is 5. The first-order valence-corrected chi connectivity index (χ1v) is 9.63. The number of dihydropyridines is 1. The fourth-order valence-corrected chi connectivity index (χ4v) is 3.69. The van der Waals surface area contributed by atoms with Crippen molar-refractivity contribution in [3.63, 3.8) is 0 Å². The van der Waals surface area contributed by atoms with Crippen molar-refractivity contribution in [2.75, 3.05) is 0 Å². The third-order valence-corrected chi connectivity index (χ3v) is 4.82. The van der Waals surface area contributed by atoms with Crippen LogP contribution in [0, 0.1) is 11.3 Å². The van der Waals surface area contributed by atoms with Gasteiger partial charge >= 0.3 is 5.97 Å². The number of rotatable bonds is 5. The van der Waals surface area contributed by atoms with E-state index in [-0.39, 0.29) is 12.1 Å². The van der Waals surface area contributed by atoms with Gasteiger partial charge in [-0.25, -0.2) is 4.79 Å². The lowest BCUT2D eigenvalue weighted by Crippen LogP contribution is -2.30. The average molecular weight is 375 g/mol. The van der Waals surface area contributed by atoms with E-state index in [1.807, 2.05) is 51.1 Å². The Morgan fingerprint density at radius 2 is 2.07 bits per heavy atom. The highest BCUT2D eigenvalue weighted by Gasteiger charge is 2.36. The molecular formula is C23H25N3O2. The molecule has 144 valence electrons. The average Bonchev–Trinajstić information content (AvgIpc) is 2.66. The van der Waals surface area contributed by atoms with Gasteiger partial charge in [0.25, 0.3) is 0 Å². The molecule has 1 aromatic carbocycles. The minimum Gasteiger partial charge on any atom is -0.460 e. The maximum absolute atomic E-state index is 13.1. The molecule has 2 heterocycles. The molecule has 1 aliphatic heterocycles. The van der Waals surface area contributed by atoms with Crippen molar-refractivity contribution >= 4 is 16.9 Å². The van der Waals surface area contributed by atoms with Crippen LogP contribution in [0.5, 0.6) is 0 Å². The van der Waals surface area contributed by atoms with Crippen LogP contribution in [0.3, 0.4) is 0 Å². The summed E-state index contributed by atoms with van der Waals surface area (Å²) in [4.78, 5) is 17.5. The highest BCUT2D eigenvalue weighted by atomic mass is 16.5. The summed E-state index contributed by atoms with van der Waals surface area (Å²) < 4.78 is 5.57. The number of carbonyl (C=O) groups is 1. The van der Waals surface area contributed by atoms with Crippen molar-refractivity contribution < 1.29 is 9.53 Å². The summed E-state index contributed by atoms with van der Waals surface area (Å²) in [6, 6.07) is 12.0. The smallest absolute Gasteiger partial charge is 0.337 e. The molecule has 28 heavy (non-hydrogen) atoms. The Morgan fingerprint density at radius 1 is 1.32 bits per heavy atom. The summed E-state index contributed by atoms with van der Waals surface area (Å²) in [6.07, 6.45) is 3.07. The van der Waals surface area contributed by atoms with E-state index in [9.17, 15) is 10.1 Å². The first-order valence-electron chi connectivity index (χ1n) is 9.63. The Bertz CT molecular complexity index is 1010. The zero-order chi connectivity index (χ0) is 20.3. The van der Waals surface area contributed by atoms with Crippen LogP contribution < -0.4 is 5.32 Å². The lowest BCUT2D eigenvalue weighted by molar-refractivity contribution is -0.143. The number of esters is 1. The van der Waals surface area contributed by atoms with Crippen LogP contribution >= 0.6 is 0 Å². The Hall–Kier alpha value is -3.13. The second-order valence-corrected chi connectivity index (χ2v) is 7.22. The zero-order valence-corrected chi connectivity index (χ0v) is 16.7. The van der Waals surface area contributed by atoms with Gasteiger partial charge in [-0.2, -0.15) is 5.26 Å². The molecule has 3 rings (SSSR count). The number of allylic oxidation sites excluding steroid dienone is 3. The number of hydrogen-bond donors (Lipinski definition) is 1. The molecule has 0 saturated heterocycles. The lowest BCUT2D eigenvalue weighted by Gasteiger charge is -2.30. The summed E-state index contributed by atoms with van der Waals surface area (Å²) in [5, 5.41) is 14.1. The van der Waals surface area contributed by atoms with Crippen molar-refractivity contribution in [1.82, 2.24) is 10.3 Å². The quantitative estimate of drug-likeness (QED) is 0.765. The predicted octanol–water partition coefficient (Wildman–Crippen LogP) is 4.72. The Morgan fingerprint density at radius 3 is 2.75 bits per heavy atom. The standard InChI is InChI=1S/C23H25N3O2/c1-5-8-20-22(23(27)28-14(2)3)21(18(13-24)15(4)26-20)17-11-12-25-19-10-7-6-9-16(17)19/h6-7,9-12,14,21,26H,5,8H2,1-4H3. The normalized spacial score (nSPS) is 16.9. The summed E-state index contributed by atoms with van der Waals surface area (Å²) in [6.45, 7) is 7.61. The molecule has 1 unspecified atom stereocenters. The molecule has 0 amide bonds. The van der Waals surface area contributed by atoms with Crippen molar-refractivity contribution in [2.24, 2.45) is 0 Å². The van der Waals surface area contributed by atoms with Gasteiger partial charge in [-0.05, 0) is 44.9 Å². The number of nitriles is 1. The number of para-hydroxylation sites is 1. The van der Waals surface area contributed by atoms with Gasteiger partial charge in [-0.1, -0.05) is 31.5 Å². The molecule has 0 saturated carbocycles. The van der Waals surface area contributed by atoms with E-state index in [4.69, 9.17) is 4.74 Å². The maximum atomic E-state index is 13.1. The summed E-state index contributed by atoms with van der Waals surface area (Å²) in [5.41, 5.74) is 4.39. The van der Waals surface area contributed by atoms with E-state index in [0.717, 1.165) is 34.3 Å². The predicted molar refractivity (Wildman–Crippen MR) is 109 cm³/mol. The van der Waals surface area contributed by atoms with Crippen LogP contribution in [-0.4, -0.2) is 17.1 Å². The van der Waals surface area contributed by atoms with Crippen molar-refractivity contribution in [1.29, 1.82) is 5.26 Å². The van der Waals surface area contributed by atoms with Gasteiger partial charge in [0.15, 0.2) is 0 Å². The SMILES string of the molecule is CCCC1=C(C(=O)OC(C)C)C(c2ccnc3ccccc23)C(C#N)=C(C)N1. The summed E-state index contributed by atoms with van der Waals surface area (Å²) >= 11 is 0. The molecule has 0 bridgehead atoms. The molecule has 1 aromatic heterocycles. The molecule has 0 aliphatic carbocycles. The van der Waals surface area contributed by atoms with Gasteiger partial charge in [0.2, 0.25) is 0 Å². The topological polar surface area (TPSA) is 75.0 Å². The fourth-order valence-electron chi connectivity index (χ4n) is 3.69. The molecule has 5 heteroatoms. The largest absolute Gasteiger partial charge is 0.460 e. The van der Waals surface area contributed by atoms with E-state index in [1.54, 1.807) is 6.20 Å². The second-order valence-electron chi connectivity index (χ2n) is 7.22. The highest BCUT2D eigenvalue weighted by Crippen LogP contribution is 2.41. The van der Waals surface area contributed by atoms with Crippen LogP contribution in [0.1, 0.15) is 52.0 Å². The van der Waals surface area contributed by atoms with Crippen LogP contribution in [0.25, 0.3) is 10.9 Å². The minimum atomic E-state index is -0.480. The Balaban J connectivity index is 2.28. The monoisotopic (exact) mass is 375 g/mol. The van der Waals surface area contributed by atoms with E-state index in [2.05, 4.69) is 23.3 Å². The van der Waals surface area contributed by atoms with Crippen molar-refractivity contribution in [2.45, 2.75) is 52.6 Å². The van der Waals surface area contributed by atoms with Gasteiger partial charge in [0.1, 0.15) is 0 Å². The maximum Gasteiger partial charge on any atom is 0.337 e. The second kappa shape index (κ2) is 8.26. The first-order chi connectivity index (χ1) is 13.5. The third kappa shape index (κ3) is 3.63. The molecule has 0 spiro atoms. The van der Waals surface area contributed by atoms with E-state index in [1.165, 1.54) is 0 Å². The Kier molecular flexibility index (Phi) is 5.79. The van der Waals surface area contributed by atoms with Gasteiger partial charge in [0.05, 0.1) is 34.8 Å². The van der Waals surface area contributed by atoms with Gasteiger partial charge in [0, 0.05) is 23.0 Å². The molecule has 1 aliphatic rings. The molecule has 1 N–H and O–H groups in total. The fraction of sp³-hybridized carbons (Fsp3) is 0.348. The number of ether oxygens (including phenoxy) is 1. The number of nitrogens with zero attached hydrogens (tertiary/aromatic N) is 2. The van der Waals surface area contributed by atoms with E-state index < -0.39 is 5.92 Å². The van der Waals surface area contributed by atoms with Gasteiger partial charge < -0.3 is 10.1 Å². The van der Waals surface area contributed by atoms with Crippen molar-refractivity contribution in [3.05, 3.63) is 64.6 Å². The molecular weight excluding hydrogens is 350 g/mol. The number of aromatic nitrogens is 1. The lowest BCUT2D eigenvalue weighted by atomic mass is 9.79. The van der Waals surface area contributed by atoms with Crippen LogP contribution in [0.4, 0.5) is 0 Å². The van der Waals surface area contributed by atoms with E-state index >= 15 is 0 Å². The molecule has 5 nitrogen and oxygen atoms in total. The van der Waals surface area contributed by atoms with E-state index in [0.29, 0.717) is 17.6 Å². The van der Waals surface area contributed by atoms with Gasteiger partial charge in [-0.15, -0.1) is 0 Å². The molecule has 1 atom stereocenters. The molecule has 0 fully saturated rings. The zero-order valence-electron chi connectivity index (χ0n) is 16.7. The summed E-state index contributed by atoms with van der Waals surface area (Å²) in [5.74, 6) is -0.857. The van der Waals surface area contributed by atoms with Crippen LogP contribution in [-0.2, 0) is 9.53 Å². The number of carbonyl (C=O) groups excluding carboxylic acids is 1. The minimum absolute atomic E-state index is 0.241.